The summed E-state index contributed by atoms with van der Waals surface area (Å²) in [5.41, 5.74) is 1.13. The van der Waals surface area contributed by atoms with Crippen molar-refractivity contribution in [3.63, 3.8) is 0 Å². The van der Waals surface area contributed by atoms with Gasteiger partial charge in [-0.1, -0.05) is 0 Å². The number of amides is 1. The van der Waals surface area contributed by atoms with Gasteiger partial charge in [-0.2, -0.15) is 0 Å². The highest BCUT2D eigenvalue weighted by Gasteiger charge is 2.14. The van der Waals surface area contributed by atoms with Crippen LogP contribution in [0.3, 0.4) is 0 Å². The van der Waals surface area contributed by atoms with Crippen molar-refractivity contribution in [2.75, 3.05) is 23.3 Å². The minimum absolute atomic E-state index is 0.265. The summed E-state index contributed by atoms with van der Waals surface area (Å²) in [6.07, 6.45) is 1.65. The van der Waals surface area contributed by atoms with Crippen LogP contribution in [-0.4, -0.2) is 33.9 Å². The summed E-state index contributed by atoms with van der Waals surface area (Å²) in [5.74, 6) is 0.318. The quantitative estimate of drug-likeness (QED) is 0.915. The van der Waals surface area contributed by atoms with Crippen LogP contribution < -0.4 is 10.2 Å². The van der Waals surface area contributed by atoms with Gasteiger partial charge in [-0.05, 0) is 26.8 Å². The van der Waals surface area contributed by atoms with E-state index in [2.05, 4.69) is 20.3 Å². The molecule has 1 amide bonds. The number of carbonyl (C=O) groups is 1. The van der Waals surface area contributed by atoms with Crippen molar-refractivity contribution in [3.8, 4) is 0 Å². The average Bonchev–Trinajstić information content (AvgIpc) is 2.92. The standard InChI is InChI=1S/C13H17N5OS/c1-4-18(5-2)12-15-9(3)8-10(16-12)11(19)17-13-14-6-7-20-13/h6-8H,4-5H2,1-3H3,(H,14,17,19). The van der Waals surface area contributed by atoms with Gasteiger partial charge in [0.2, 0.25) is 5.95 Å². The summed E-state index contributed by atoms with van der Waals surface area (Å²) < 4.78 is 0. The van der Waals surface area contributed by atoms with Crippen molar-refractivity contribution in [2.24, 2.45) is 0 Å². The second-order valence-corrected chi connectivity index (χ2v) is 5.05. The van der Waals surface area contributed by atoms with Gasteiger partial charge in [-0.25, -0.2) is 15.0 Å². The Morgan fingerprint density at radius 2 is 2.10 bits per heavy atom. The fraction of sp³-hybridized carbons (Fsp3) is 0.385. The predicted molar refractivity (Wildman–Crippen MR) is 80.4 cm³/mol. The Morgan fingerprint density at radius 3 is 2.70 bits per heavy atom. The van der Waals surface area contributed by atoms with E-state index < -0.39 is 0 Å². The smallest absolute Gasteiger partial charge is 0.276 e. The Kier molecular flexibility index (Phi) is 4.62. The van der Waals surface area contributed by atoms with Crippen molar-refractivity contribution in [1.82, 2.24) is 15.0 Å². The van der Waals surface area contributed by atoms with E-state index in [0.29, 0.717) is 16.8 Å². The van der Waals surface area contributed by atoms with E-state index in [1.165, 1.54) is 11.3 Å². The van der Waals surface area contributed by atoms with E-state index in [9.17, 15) is 4.79 Å². The van der Waals surface area contributed by atoms with Crippen LogP contribution in [0.4, 0.5) is 11.1 Å². The molecule has 106 valence electrons. The van der Waals surface area contributed by atoms with Gasteiger partial charge in [0.15, 0.2) is 5.13 Å². The molecule has 2 heterocycles. The van der Waals surface area contributed by atoms with Gasteiger partial charge < -0.3 is 4.90 Å². The Balaban J connectivity index is 2.25. The number of nitrogens with zero attached hydrogens (tertiary/aromatic N) is 4. The molecular formula is C13H17N5OS. The Morgan fingerprint density at radius 1 is 1.35 bits per heavy atom. The van der Waals surface area contributed by atoms with Crippen LogP contribution in [0.25, 0.3) is 0 Å². The largest absolute Gasteiger partial charge is 0.341 e. The van der Waals surface area contributed by atoms with Gasteiger partial charge in [0.25, 0.3) is 5.91 Å². The first-order chi connectivity index (χ1) is 9.63. The van der Waals surface area contributed by atoms with Crippen LogP contribution in [0.2, 0.25) is 0 Å². The van der Waals surface area contributed by atoms with Crippen LogP contribution in [-0.2, 0) is 0 Å². The minimum atomic E-state index is -0.265. The number of thiazole rings is 1. The first-order valence-corrected chi connectivity index (χ1v) is 7.33. The molecule has 0 aliphatic heterocycles. The summed E-state index contributed by atoms with van der Waals surface area (Å²) in [6.45, 7) is 7.52. The molecule has 1 N–H and O–H groups in total. The van der Waals surface area contributed by atoms with Crippen LogP contribution in [0.5, 0.6) is 0 Å². The molecule has 0 bridgehead atoms. The summed E-state index contributed by atoms with van der Waals surface area (Å²) in [7, 11) is 0. The van der Waals surface area contributed by atoms with Crippen molar-refractivity contribution >= 4 is 28.3 Å². The molecule has 2 aromatic heterocycles. The van der Waals surface area contributed by atoms with Gasteiger partial charge in [0, 0.05) is 30.4 Å². The molecule has 0 unspecified atom stereocenters. The Bertz CT molecular complexity index is 580. The third kappa shape index (κ3) is 3.30. The molecule has 0 fully saturated rings. The van der Waals surface area contributed by atoms with E-state index in [1.807, 2.05) is 31.1 Å². The molecule has 6 nitrogen and oxygen atoms in total. The molecule has 2 aromatic rings. The van der Waals surface area contributed by atoms with Crippen LogP contribution >= 0.6 is 11.3 Å². The minimum Gasteiger partial charge on any atom is -0.341 e. The zero-order chi connectivity index (χ0) is 14.5. The fourth-order valence-corrected chi connectivity index (χ4v) is 2.29. The number of aryl methyl sites for hydroxylation is 1. The summed E-state index contributed by atoms with van der Waals surface area (Å²) in [6, 6.07) is 1.68. The number of aromatic nitrogens is 3. The van der Waals surface area contributed by atoms with Crippen molar-refractivity contribution in [1.29, 1.82) is 0 Å². The fourth-order valence-electron chi connectivity index (χ4n) is 1.76. The molecule has 20 heavy (non-hydrogen) atoms. The Labute approximate surface area is 121 Å². The van der Waals surface area contributed by atoms with Crippen LogP contribution in [0, 0.1) is 6.92 Å². The van der Waals surface area contributed by atoms with Crippen molar-refractivity contribution in [2.45, 2.75) is 20.8 Å². The van der Waals surface area contributed by atoms with Gasteiger partial charge in [0.05, 0.1) is 0 Å². The number of hydrogen-bond donors (Lipinski definition) is 1. The second kappa shape index (κ2) is 6.42. The predicted octanol–water partition coefficient (Wildman–Crippen LogP) is 2.34. The molecule has 0 aliphatic carbocycles. The molecule has 0 saturated heterocycles. The zero-order valence-electron chi connectivity index (χ0n) is 11.8. The van der Waals surface area contributed by atoms with Crippen LogP contribution in [0.1, 0.15) is 30.0 Å². The van der Waals surface area contributed by atoms with E-state index in [0.717, 1.165) is 18.8 Å². The number of nitrogens with one attached hydrogen (secondary N) is 1. The van der Waals surface area contributed by atoms with E-state index in [-0.39, 0.29) is 5.91 Å². The summed E-state index contributed by atoms with van der Waals surface area (Å²) >= 11 is 1.37. The lowest BCUT2D eigenvalue weighted by atomic mass is 10.3. The SMILES string of the molecule is CCN(CC)c1nc(C)cc(C(=O)Nc2nccs2)n1. The van der Waals surface area contributed by atoms with E-state index >= 15 is 0 Å². The zero-order valence-corrected chi connectivity index (χ0v) is 12.6. The maximum absolute atomic E-state index is 12.2. The summed E-state index contributed by atoms with van der Waals surface area (Å²) in [4.78, 5) is 26.9. The van der Waals surface area contributed by atoms with E-state index in [4.69, 9.17) is 0 Å². The molecule has 0 atom stereocenters. The molecule has 0 saturated carbocycles. The maximum atomic E-state index is 12.2. The molecule has 0 radical (unpaired) electrons. The number of carbonyl (C=O) groups excluding carboxylic acids is 1. The molecule has 2 rings (SSSR count). The number of hydrogen-bond acceptors (Lipinski definition) is 6. The first kappa shape index (κ1) is 14.4. The third-order valence-corrected chi connectivity index (χ3v) is 3.46. The monoisotopic (exact) mass is 291 g/mol. The lowest BCUT2D eigenvalue weighted by Gasteiger charge is -2.19. The number of anilines is 2. The van der Waals surface area contributed by atoms with Crippen molar-refractivity contribution < 1.29 is 4.79 Å². The highest BCUT2D eigenvalue weighted by Crippen LogP contribution is 2.14. The lowest BCUT2D eigenvalue weighted by Crippen LogP contribution is -2.26. The molecule has 0 aromatic carbocycles. The first-order valence-electron chi connectivity index (χ1n) is 6.45. The topological polar surface area (TPSA) is 71.0 Å². The van der Waals surface area contributed by atoms with E-state index in [1.54, 1.807) is 12.3 Å². The van der Waals surface area contributed by atoms with Gasteiger partial charge in [0.1, 0.15) is 5.69 Å². The molecule has 0 aliphatic rings. The molecule has 7 heteroatoms. The average molecular weight is 291 g/mol. The van der Waals surface area contributed by atoms with Gasteiger partial charge in [-0.15, -0.1) is 11.3 Å². The van der Waals surface area contributed by atoms with Gasteiger partial charge in [-0.3, -0.25) is 10.1 Å². The number of rotatable bonds is 5. The van der Waals surface area contributed by atoms with Gasteiger partial charge >= 0.3 is 0 Å². The normalized spacial score (nSPS) is 10.3. The highest BCUT2D eigenvalue weighted by molar-refractivity contribution is 7.13. The summed E-state index contributed by atoms with van der Waals surface area (Å²) in [5, 5.41) is 5.10. The Hall–Kier alpha value is -2.02. The van der Waals surface area contributed by atoms with Crippen molar-refractivity contribution in [3.05, 3.63) is 29.0 Å². The molecular weight excluding hydrogens is 274 g/mol. The highest BCUT2D eigenvalue weighted by atomic mass is 32.1. The maximum Gasteiger partial charge on any atom is 0.276 e. The third-order valence-electron chi connectivity index (χ3n) is 2.77. The second-order valence-electron chi connectivity index (χ2n) is 4.16. The lowest BCUT2D eigenvalue weighted by molar-refractivity contribution is 0.102. The van der Waals surface area contributed by atoms with Crippen LogP contribution in [0.15, 0.2) is 17.6 Å². The molecule has 0 spiro atoms.